The Morgan fingerprint density at radius 2 is 1.64 bits per heavy atom. The Kier molecular flexibility index (Phi) is 4.26. The van der Waals surface area contributed by atoms with Crippen LogP contribution in [0.5, 0.6) is 0 Å². The number of hydrogen-bond acceptors (Lipinski definition) is 1. The fourth-order valence-corrected chi connectivity index (χ4v) is 3.84. The molecule has 0 aromatic heterocycles. The van der Waals surface area contributed by atoms with Gasteiger partial charge in [0.2, 0.25) is 6.34 Å². The van der Waals surface area contributed by atoms with Crippen LogP contribution in [0, 0.1) is 31.3 Å². The van der Waals surface area contributed by atoms with E-state index in [2.05, 4.69) is 96.4 Å². The fourth-order valence-electron chi connectivity index (χ4n) is 3.37. The molecular weight excluding hydrogens is 383 g/mol. The number of nitrogens with zero attached hydrogens (tertiary/aromatic N) is 2. The summed E-state index contributed by atoms with van der Waals surface area (Å²) in [5.41, 5.74) is 8.05. The van der Waals surface area contributed by atoms with Crippen LogP contribution in [0.25, 0.3) is 0 Å². The molecule has 0 N–H and O–H groups in total. The zero-order chi connectivity index (χ0) is 15.9. The third kappa shape index (κ3) is 2.91. The van der Waals surface area contributed by atoms with Crippen LogP contribution in [-0.2, 0) is 0 Å². The summed E-state index contributed by atoms with van der Waals surface area (Å²) in [6.07, 6.45) is 2.27. The van der Waals surface area contributed by atoms with Crippen LogP contribution in [0.2, 0.25) is 0 Å². The number of rotatable bonds is 2. The summed E-state index contributed by atoms with van der Waals surface area (Å²) in [6, 6.07) is 11.2. The molecule has 0 saturated carbocycles. The van der Waals surface area contributed by atoms with E-state index in [0.29, 0.717) is 0 Å². The molecule has 0 spiro atoms. The highest BCUT2D eigenvalue weighted by atomic mass is 127. The van der Waals surface area contributed by atoms with E-state index in [-0.39, 0.29) is 0 Å². The van der Waals surface area contributed by atoms with Crippen molar-refractivity contribution >= 4 is 40.3 Å². The molecule has 2 aromatic rings. The lowest BCUT2D eigenvalue weighted by molar-refractivity contribution is -0.425. The van der Waals surface area contributed by atoms with E-state index < -0.39 is 0 Å². The molecule has 0 bridgehead atoms. The minimum atomic E-state index is 1.04. The van der Waals surface area contributed by atoms with Crippen LogP contribution in [-0.4, -0.2) is 24.0 Å². The summed E-state index contributed by atoms with van der Waals surface area (Å²) in [4.78, 5) is 2.37. The quantitative estimate of drug-likeness (QED) is 0.518. The second-order valence-electron chi connectivity index (χ2n) is 6.18. The Hall–Kier alpha value is -1.36. The van der Waals surface area contributed by atoms with Crippen LogP contribution < -0.4 is 4.90 Å². The Morgan fingerprint density at radius 1 is 0.955 bits per heavy atom. The number of halogens is 1. The molecule has 22 heavy (non-hydrogen) atoms. The number of aryl methyl sites for hydroxylation is 4. The third-order valence-corrected chi connectivity index (χ3v) is 4.93. The van der Waals surface area contributed by atoms with Gasteiger partial charge in [-0.15, -0.1) is 0 Å². The second-order valence-corrected chi connectivity index (χ2v) is 7.43. The molecule has 3 rings (SSSR count). The van der Waals surface area contributed by atoms with Gasteiger partial charge in [0.25, 0.3) is 0 Å². The Bertz CT molecular complexity index is 739. The lowest BCUT2D eigenvalue weighted by atomic mass is 10.0. The average molecular weight is 405 g/mol. The average Bonchev–Trinajstić information content (AvgIpc) is 2.89. The van der Waals surface area contributed by atoms with Gasteiger partial charge in [-0.3, -0.25) is 0 Å². The molecule has 114 valence electrons. The van der Waals surface area contributed by atoms with E-state index in [1.807, 2.05) is 0 Å². The molecular formula is C19H22IN2+. The van der Waals surface area contributed by atoms with Crippen molar-refractivity contribution in [3.63, 3.8) is 0 Å². The molecule has 1 heterocycles. The molecule has 0 radical (unpaired) electrons. The Balaban J connectivity index is 2.00. The van der Waals surface area contributed by atoms with Gasteiger partial charge in [-0.05, 0) is 79.1 Å². The zero-order valence-electron chi connectivity index (χ0n) is 13.7. The number of benzene rings is 2. The van der Waals surface area contributed by atoms with Crippen LogP contribution in [0.15, 0.2) is 30.3 Å². The summed E-state index contributed by atoms with van der Waals surface area (Å²) >= 11 is 2.39. The number of anilines is 1. The maximum Gasteiger partial charge on any atom is 0.244 e. The smallest absolute Gasteiger partial charge is 0.229 e. The first-order valence-electron chi connectivity index (χ1n) is 7.68. The maximum atomic E-state index is 2.39. The van der Waals surface area contributed by atoms with Crippen molar-refractivity contribution in [3.05, 3.63) is 56.2 Å². The van der Waals surface area contributed by atoms with Crippen molar-refractivity contribution in [2.24, 2.45) is 0 Å². The first-order valence-corrected chi connectivity index (χ1v) is 8.76. The van der Waals surface area contributed by atoms with Crippen molar-refractivity contribution in [2.45, 2.75) is 27.7 Å². The molecule has 2 aromatic carbocycles. The summed E-state index contributed by atoms with van der Waals surface area (Å²) in [5.74, 6) is 0. The predicted octanol–water partition coefficient (Wildman–Crippen LogP) is 4.72. The van der Waals surface area contributed by atoms with Crippen LogP contribution in [0.4, 0.5) is 11.4 Å². The predicted molar refractivity (Wildman–Crippen MR) is 103 cm³/mol. The molecule has 0 fully saturated rings. The molecule has 1 aliphatic heterocycles. The first-order chi connectivity index (χ1) is 10.5. The van der Waals surface area contributed by atoms with Gasteiger partial charge in [-0.2, -0.15) is 0 Å². The maximum absolute atomic E-state index is 2.39. The van der Waals surface area contributed by atoms with E-state index >= 15 is 0 Å². The minimum absolute atomic E-state index is 1.04. The third-order valence-electron chi connectivity index (χ3n) is 4.26. The van der Waals surface area contributed by atoms with E-state index in [0.717, 1.165) is 13.1 Å². The van der Waals surface area contributed by atoms with Crippen molar-refractivity contribution in [3.8, 4) is 0 Å². The summed E-state index contributed by atoms with van der Waals surface area (Å²) in [5, 5.41) is 0. The molecule has 0 amide bonds. The van der Waals surface area contributed by atoms with Crippen LogP contribution >= 0.6 is 22.6 Å². The molecule has 0 unspecified atom stereocenters. The lowest BCUT2D eigenvalue weighted by Crippen LogP contribution is -2.19. The summed E-state index contributed by atoms with van der Waals surface area (Å²) in [7, 11) is 0. The summed E-state index contributed by atoms with van der Waals surface area (Å²) < 4.78 is 3.68. The van der Waals surface area contributed by atoms with Gasteiger partial charge < -0.3 is 0 Å². The highest BCUT2D eigenvalue weighted by Crippen LogP contribution is 2.28. The fraction of sp³-hybridized carbons (Fsp3) is 0.316. The largest absolute Gasteiger partial charge is 0.244 e. The van der Waals surface area contributed by atoms with Gasteiger partial charge in [0.05, 0.1) is 0 Å². The monoisotopic (exact) mass is 405 g/mol. The SMILES string of the molecule is Cc1cc(C)c([N+]2=CN(c3cc(I)ccc3C)CC2)c(C)c1. The molecule has 0 aliphatic carbocycles. The van der Waals surface area contributed by atoms with Gasteiger partial charge in [0.15, 0.2) is 0 Å². The Morgan fingerprint density at radius 3 is 2.32 bits per heavy atom. The van der Waals surface area contributed by atoms with Crippen molar-refractivity contribution in [1.82, 2.24) is 0 Å². The standard InChI is InChI=1S/C19H22IN2/c1-13-9-15(3)19(16(4)10-13)22-8-7-21(12-22)18-11-17(20)6-5-14(18)2/h5-6,9-12H,7-8H2,1-4H3/q+1. The lowest BCUT2D eigenvalue weighted by Gasteiger charge is -2.10. The minimum Gasteiger partial charge on any atom is -0.229 e. The molecule has 1 aliphatic rings. The highest BCUT2D eigenvalue weighted by molar-refractivity contribution is 14.1. The van der Waals surface area contributed by atoms with Crippen molar-refractivity contribution < 1.29 is 4.58 Å². The molecule has 2 nitrogen and oxygen atoms in total. The van der Waals surface area contributed by atoms with Crippen LogP contribution in [0.1, 0.15) is 22.3 Å². The first kappa shape index (κ1) is 15.5. The van der Waals surface area contributed by atoms with Crippen LogP contribution in [0.3, 0.4) is 0 Å². The van der Waals surface area contributed by atoms with E-state index in [1.165, 1.54) is 37.2 Å². The summed E-state index contributed by atoms with van der Waals surface area (Å²) in [6.45, 7) is 10.8. The van der Waals surface area contributed by atoms with Crippen molar-refractivity contribution in [1.29, 1.82) is 0 Å². The number of hydrogen-bond donors (Lipinski definition) is 0. The zero-order valence-corrected chi connectivity index (χ0v) is 15.8. The van der Waals surface area contributed by atoms with E-state index in [1.54, 1.807) is 0 Å². The van der Waals surface area contributed by atoms with Gasteiger partial charge in [-0.25, -0.2) is 9.48 Å². The second kappa shape index (κ2) is 6.03. The van der Waals surface area contributed by atoms with E-state index in [9.17, 15) is 0 Å². The van der Waals surface area contributed by atoms with Gasteiger partial charge in [0, 0.05) is 3.57 Å². The van der Waals surface area contributed by atoms with Gasteiger partial charge >= 0.3 is 0 Å². The normalized spacial score (nSPS) is 14.4. The highest BCUT2D eigenvalue weighted by Gasteiger charge is 2.25. The van der Waals surface area contributed by atoms with Crippen molar-refractivity contribution in [2.75, 3.05) is 18.0 Å². The Labute approximate surface area is 146 Å². The molecule has 0 atom stereocenters. The van der Waals surface area contributed by atoms with E-state index in [4.69, 9.17) is 0 Å². The molecule has 3 heteroatoms. The molecule has 0 saturated heterocycles. The van der Waals surface area contributed by atoms with Gasteiger partial charge in [-0.1, -0.05) is 23.8 Å². The topological polar surface area (TPSA) is 6.25 Å². The van der Waals surface area contributed by atoms with Gasteiger partial charge in [0.1, 0.15) is 24.5 Å².